The van der Waals surface area contributed by atoms with E-state index in [0.29, 0.717) is 0 Å². The molecule has 0 atom stereocenters. The van der Waals surface area contributed by atoms with Crippen LogP contribution in [0.4, 0.5) is 0 Å². The number of ether oxygens (including phenoxy) is 2. The second-order valence-electron chi connectivity index (χ2n) is 2.21. The van der Waals surface area contributed by atoms with Crippen molar-refractivity contribution < 1.29 is 9.47 Å². The van der Waals surface area contributed by atoms with Gasteiger partial charge >= 0.3 is 0 Å². The summed E-state index contributed by atoms with van der Waals surface area (Å²) in [5, 5.41) is 4.38. The minimum Gasteiger partial charge on any atom is -0.347 e. The van der Waals surface area contributed by atoms with E-state index in [0.717, 1.165) is 30.9 Å². The average molecular weight is 160 g/mol. The second-order valence-corrected chi connectivity index (χ2v) is 3.35. The van der Waals surface area contributed by atoms with E-state index in [2.05, 4.69) is 5.32 Å². The van der Waals surface area contributed by atoms with Gasteiger partial charge in [0.15, 0.2) is 6.29 Å². The highest BCUT2D eigenvalue weighted by atomic mass is 32.2. The molecule has 0 aromatic carbocycles. The van der Waals surface area contributed by atoms with Crippen LogP contribution in [0.15, 0.2) is 0 Å². The van der Waals surface area contributed by atoms with Crippen molar-refractivity contribution in [3.8, 4) is 0 Å². The van der Waals surface area contributed by atoms with E-state index in [1.165, 1.54) is 0 Å². The average Bonchev–Trinajstić information content (AvgIpc) is 2.59. The molecule has 0 saturated carbocycles. The molecule has 0 aromatic rings. The highest BCUT2D eigenvalue weighted by Gasteiger charge is 2.30. The zero-order valence-electron chi connectivity index (χ0n) is 5.63. The van der Waals surface area contributed by atoms with Gasteiger partial charge in [-0.05, 0) is 0 Å². The largest absolute Gasteiger partial charge is 0.347 e. The maximum absolute atomic E-state index is 5.29. The Morgan fingerprint density at radius 1 is 1.40 bits per heavy atom. The van der Waals surface area contributed by atoms with Crippen LogP contribution in [0, 0.1) is 5.37 Å². The Hall–Kier alpha value is 0.230. The van der Waals surface area contributed by atoms with Gasteiger partial charge in [-0.15, -0.1) is 11.8 Å². The van der Waals surface area contributed by atoms with Crippen LogP contribution in [0.1, 0.15) is 0 Å². The van der Waals surface area contributed by atoms with Gasteiger partial charge in [-0.25, -0.2) is 0 Å². The van der Waals surface area contributed by atoms with Gasteiger partial charge in [0.25, 0.3) is 0 Å². The minimum absolute atomic E-state index is 0.0764. The molecule has 0 amide bonds. The Morgan fingerprint density at radius 2 is 2.20 bits per heavy atom. The molecule has 2 saturated heterocycles. The third-order valence-corrected chi connectivity index (χ3v) is 2.55. The summed E-state index contributed by atoms with van der Waals surface area (Å²) >= 11 is 1.80. The van der Waals surface area contributed by atoms with Crippen molar-refractivity contribution in [2.45, 2.75) is 6.29 Å². The Labute approximate surface area is 64.5 Å². The zero-order chi connectivity index (χ0) is 6.81. The van der Waals surface area contributed by atoms with E-state index in [4.69, 9.17) is 9.47 Å². The Morgan fingerprint density at radius 3 is 2.80 bits per heavy atom. The summed E-state index contributed by atoms with van der Waals surface area (Å²) in [5.74, 6) is 1.14. The van der Waals surface area contributed by atoms with Gasteiger partial charge in [0.05, 0.1) is 13.2 Å². The van der Waals surface area contributed by atoms with Gasteiger partial charge < -0.3 is 9.47 Å². The molecule has 0 aliphatic carbocycles. The molecule has 1 N–H and O–H groups in total. The lowest BCUT2D eigenvalue weighted by Gasteiger charge is -2.13. The molecule has 2 fully saturated rings. The number of rotatable bonds is 1. The molecule has 1 radical (unpaired) electrons. The molecule has 2 heterocycles. The summed E-state index contributed by atoms with van der Waals surface area (Å²) in [7, 11) is 0. The fourth-order valence-electron chi connectivity index (χ4n) is 1.05. The molecule has 2 aliphatic rings. The fraction of sp³-hybridized carbons (Fsp3) is 0.833. The highest BCUT2D eigenvalue weighted by molar-refractivity contribution is 8.02. The van der Waals surface area contributed by atoms with Crippen LogP contribution in [-0.4, -0.2) is 31.8 Å². The van der Waals surface area contributed by atoms with Crippen LogP contribution in [0.3, 0.4) is 0 Å². The molecule has 2 rings (SSSR count). The lowest BCUT2D eigenvalue weighted by Crippen LogP contribution is -2.25. The van der Waals surface area contributed by atoms with Crippen molar-refractivity contribution >= 4 is 11.8 Å². The Balaban J connectivity index is 1.85. The Bertz CT molecular complexity index is 96.3. The summed E-state index contributed by atoms with van der Waals surface area (Å²) in [6, 6.07) is 0. The number of hydrogen-bond acceptors (Lipinski definition) is 4. The monoisotopic (exact) mass is 160 g/mol. The molecular weight excluding hydrogens is 150 g/mol. The summed E-state index contributed by atoms with van der Waals surface area (Å²) < 4.78 is 10.6. The predicted molar refractivity (Wildman–Crippen MR) is 39.4 cm³/mol. The summed E-state index contributed by atoms with van der Waals surface area (Å²) in [4.78, 5) is 0. The zero-order valence-corrected chi connectivity index (χ0v) is 6.45. The maximum atomic E-state index is 5.29. The van der Waals surface area contributed by atoms with Crippen molar-refractivity contribution in [3.63, 3.8) is 0 Å². The van der Waals surface area contributed by atoms with Gasteiger partial charge in [-0.3, -0.25) is 5.32 Å². The third-order valence-electron chi connectivity index (χ3n) is 1.49. The first kappa shape index (κ1) is 6.91. The van der Waals surface area contributed by atoms with E-state index >= 15 is 0 Å². The minimum atomic E-state index is -0.0764. The molecule has 0 spiro atoms. The van der Waals surface area contributed by atoms with Crippen molar-refractivity contribution in [1.82, 2.24) is 5.32 Å². The molecule has 0 aromatic heterocycles. The van der Waals surface area contributed by atoms with Crippen molar-refractivity contribution in [1.29, 1.82) is 0 Å². The molecule has 0 unspecified atom stereocenters. The van der Waals surface area contributed by atoms with Crippen LogP contribution in [0.5, 0.6) is 0 Å². The van der Waals surface area contributed by atoms with Gasteiger partial charge in [0, 0.05) is 12.3 Å². The van der Waals surface area contributed by atoms with Gasteiger partial charge in [-0.2, -0.15) is 0 Å². The van der Waals surface area contributed by atoms with Crippen molar-refractivity contribution in [3.05, 3.63) is 5.37 Å². The molecule has 57 valence electrons. The predicted octanol–water partition coefficient (Wildman–Crippen LogP) is 0.185. The van der Waals surface area contributed by atoms with Crippen LogP contribution in [-0.2, 0) is 9.47 Å². The molecule has 2 aliphatic heterocycles. The van der Waals surface area contributed by atoms with Crippen LogP contribution in [0.2, 0.25) is 0 Å². The third kappa shape index (κ3) is 1.29. The van der Waals surface area contributed by atoms with E-state index in [1.54, 1.807) is 11.8 Å². The summed E-state index contributed by atoms with van der Waals surface area (Å²) in [6.45, 7) is 2.51. The van der Waals surface area contributed by atoms with E-state index in [-0.39, 0.29) is 6.29 Å². The van der Waals surface area contributed by atoms with Crippen molar-refractivity contribution in [2.24, 2.45) is 0 Å². The van der Waals surface area contributed by atoms with Crippen molar-refractivity contribution in [2.75, 3.05) is 25.5 Å². The van der Waals surface area contributed by atoms with Gasteiger partial charge in [0.2, 0.25) is 0 Å². The number of thioether (sulfide) groups is 1. The van der Waals surface area contributed by atoms with E-state index < -0.39 is 0 Å². The van der Waals surface area contributed by atoms with Crippen LogP contribution in [0.25, 0.3) is 0 Å². The SMILES string of the molecule is C1CS[C](C2OCCO2)N1. The van der Waals surface area contributed by atoms with Gasteiger partial charge in [-0.1, -0.05) is 0 Å². The summed E-state index contributed by atoms with van der Waals surface area (Å²) in [5.41, 5.74) is 0. The molecule has 4 heteroatoms. The summed E-state index contributed by atoms with van der Waals surface area (Å²) in [6.07, 6.45) is -0.0764. The second kappa shape index (κ2) is 3.09. The number of hydrogen-bond donors (Lipinski definition) is 1. The Kier molecular flexibility index (Phi) is 2.13. The van der Waals surface area contributed by atoms with Crippen LogP contribution >= 0.6 is 11.8 Å². The highest BCUT2D eigenvalue weighted by Crippen LogP contribution is 2.28. The quantitative estimate of drug-likeness (QED) is 0.593. The lowest BCUT2D eigenvalue weighted by atomic mass is 10.6. The topological polar surface area (TPSA) is 30.5 Å². The van der Waals surface area contributed by atoms with E-state index in [1.807, 2.05) is 0 Å². The molecule has 0 bridgehead atoms. The standard InChI is InChI=1S/C6H10NO2S/c1-4-10-5(7-1)6-8-2-3-9-6/h6-7H,1-4H2. The first-order valence-electron chi connectivity index (χ1n) is 3.43. The molecule has 3 nitrogen and oxygen atoms in total. The van der Waals surface area contributed by atoms with Crippen LogP contribution < -0.4 is 5.32 Å². The smallest absolute Gasteiger partial charge is 0.188 e. The normalized spacial score (nSPS) is 30.0. The first-order chi connectivity index (χ1) is 4.97. The molecular formula is C6H10NO2S. The maximum Gasteiger partial charge on any atom is 0.188 e. The first-order valence-corrected chi connectivity index (χ1v) is 4.42. The van der Waals surface area contributed by atoms with Gasteiger partial charge in [0.1, 0.15) is 5.37 Å². The fourth-order valence-corrected chi connectivity index (χ4v) is 1.95. The van der Waals surface area contributed by atoms with E-state index in [9.17, 15) is 0 Å². The number of nitrogens with one attached hydrogen (secondary N) is 1. The molecule has 10 heavy (non-hydrogen) atoms. The lowest BCUT2D eigenvalue weighted by molar-refractivity contribution is -0.0232.